The molecule has 0 aliphatic heterocycles. The first-order valence-electron chi connectivity index (χ1n) is 6.61. The van der Waals surface area contributed by atoms with Crippen LogP contribution in [0.15, 0.2) is 12.5 Å². The van der Waals surface area contributed by atoms with Crippen molar-refractivity contribution >= 4 is 0 Å². The Bertz CT molecular complexity index is 373. The summed E-state index contributed by atoms with van der Waals surface area (Å²) in [5.41, 5.74) is 1.09. The van der Waals surface area contributed by atoms with E-state index in [1.54, 1.807) is 6.33 Å². The van der Waals surface area contributed by atoms with Gasteiger partial charge in [0, 0.05) is 24.3 Å². The Kier molecular flexibility index (Phi) is 3.22. The summed E-state index contributed by atoms with van der Waals surface area (Å²) >= 11 is 0. The lowest BCUT2D eigenvalue weighted by Crippen LogP contribution is -2.19. The van der Waals surface area contributed by atoms with Crippen molar-refractivity contribution in [1.82, 2.24) is 15.3 Å². The predicted octanol–water partition coefficient (Wildman–Crippen LogP) is 2.05. The Balaban J connectivity index is 1.63. The minimum Gasteiger partial charge on any atom is -0.474 e. The van der Waals surface area contributed by atoms with Crippen molar-refractivity contribution in [3.63, 3.8) is 0 Å². The lowest BCUT2D eigenvalue weighted by atomic mass is 10.3. The Morgan fingerprint density at radius 3 is 2.82 bits per heavy atom. The molecule has 0 spiro atoms. The maximum Gasteiger partial charge on any atom is 0.221 e. The van der Waals surface area contributed by atoms with Gasteiger partial charge < -0.3 is 10.1 Å². The van der Waals surface area contributed by atoms with E-state index in [4.69, 9.17) is 4.74 Å². The molecule has 0 atom stereocenters. The summed E-state index contributed by atoms with van der Waals surface area (Å²) in [5.74, 6) is 0.778. The minimum atomic E-state index is 0.365. The second-order valence-electron chi connectivity index (χ2n) is 5.03. The van der Waals surface area contributed by atoms with Crippen LogP contribution in [0.1, 0.15) is 44.1 Å². The van der Waals surface area contributed by atoms with Crippen LogP contribution in [0.5, 0.6) is 5.88 Å². The van der Waals surface area contributed by atoms with Gasteiger partial charge in [-0.05, 0) is 38.5 Å². The first-order valence-corrected chi connectivity index (χ1v) is 6.61. The molecule has 2 aliphatic carbocycles. The molecule has 4 nitrogen and oxygen atoms in total. The van der Waals surface area contributed by atoms with Gasteiger partial charge in [-0.3, -0.25) is 0 Å². The van der Waals surface area contributed by atoms with Crippen LogP contribution in [0.4, 0.5) is 0 Å². The van der Waals surface area contributed by atoms with Gasteiger partial charge in [-0.25, -0.2) is 9.97 Å². The zero-order valence-corrected chi connectivity index (χ0v) is 10.1. The zero-order chi connectivity index (χ0) is 11.5. The number of hydrogen-bond acceptors (Lipinski definition) is 4. The normalized spacial score (nSPS) is 20.7. The first-order chi connectivity index (χ1) is 8.42. The molecule has 0 radical (unpaired) electrons. The average molecular weight is 233 g/mol. The Labute approximate surface area is 102 Å². The molecule has 2 fully saturated rings. The molecular formula is C13H19N3O. The first kappa shape index (κ1) is 11.0. The van der Waals surface area contributed by atoms with E-state index >= 15 is 0 Å². The van der Waals surface area contributed by atoms with Gasteiger partial charge in [0.25, 0.3) is 0 Å². The molecule has 1 N–H and O–H groups in total. The van der Waals surface area contributed by atoms with Gasteiger partial charge in [0.2, 0.25) is 5.88 Å². The molecule has 1 aromatic heterocycles. The summed E-state index contributed by atoms with van der Waals surface area (Å²) < 4.78 is 5.97. The Morgan fingerprint density at radius 1 is 1.24 bits per heavy atom. The summed E-state index contributed by atoms with van der Waals surface area (Å²) in [4.78, 5) is 8.35. The summed E-state index contributed by atoms with van der Waals surface area (Å²) in [5, 5.41) is 3.48. The SMILES string of the molecule is c1ncc(CNC2CC2)c(OC2CCCC2)n1. The Morgan fingerprint density at radius 2 is 2.06 bits per heavy atom. The molecule has 1 heterocycles. The van der Waals surface area contributed by atoms with E-state index in [0.717, 1.165) is 18.0 Å². The van der Waals surface area contributed by atoms with Gasteiger partial charge in [-0.15, -0.1) is 0 Å². The van der Waals surface area contributed by atoms with Crippen LogP contribution in [-0.4, -0.2) is 22.1 Å². The van der Waals surface area contributed by atoms with E-state index in [9.17, 15) is 0 Å². The molecule has 2 saturated carbocycles. The highest BCUT2D eigenvalue weighted by Gasteiger charge is 2.22. The zero-order valence-electron chi connectivity index (χ0n) is 10.1. The van der Waals surface area contributed by atoms with E-state index in [1.807, 2.05) is 6.20 Å². The molecule has 0 bridgehead atoms. The number of rotatable bonds is 5. The standard InChI is InChI=1S/C13H19N3O/c1-2-4-12(3-1)17-13-10(7-14-9-16-13)8-15-11-5-6-11/h7,9,11-12,15H,1-6,8H2. The molecule has 2 aliphatic rings. The topological polar surface area (TPSA) is 47.0 Å². The third-order valence-corrected chi connectivity index (χ3v) is 3.49. The average Bonchev–Trinajstić information content (AvgIpc) is 3.05. The van der Waals surface area contributed by atoms with Crippen LogP contribution < -0.4 is 10.1 Å². The summed E-state index contributed by atoms with van der Waals surface area (Å²) in [6.07, 6.45) is 11.3. The molecule has 3 rings (SSSR count). The second-order valence-corrected chi connectivity index (χ2v) is 5.03. The van der Waals surface area contributed by atoms with Gasteiger partial charge in [0.15, 0.2) is 0 Å². The van der Waals surface area contributed by atoms with Crippen LogP contribution in [0.3, 0.4) is 0 Å². The number of hydrogen-bond donors (Lipinski definition) is 1. The van der Waals surface area contributed by atoms with Gasteiger partial charge in [0.05, 0.1) is 0 Å². The maximum atomic E-state index is 5.97. The van der Waals surface area contributed by atoms with E-state index in [-0.39, 0.29) is 0 Å². The molecule has 0 unspecified atom stereocenters. The van der Waals surface area contributed by atoms with Gasteiger partial charge >= 0.3 is 0 Å². The monoisotopic (exact) mass is 233 g/mol. The Hall–Kier alpha value is -1.16. The second kappa shape index (κ2) is 5.00. The summed E-state index contributed by atoms with van der Waals surface area (Å²) in [7, 11) is 0. The lowest BCUT2D eigenvalue weighted by molar-refractivity contribution is 0.198. The molecule has 1 aromatic rings. The maximum absolute atomic E-state index is 5.97. The van der Waals surface area contributed by atoms with E-state index in [2.05, 4.69) is 15.3 Å². The van der Waals surface area contributed by atoms with Crippen molar-refractivity contribution < 1.29 is 4.74 Å². The number of ether oxygens (including phenoxy) is 1. The van der Waals surface area contributed by atoms with E-state index in [0.29, 0.717) is 12.1 Å². The fourth-order valence-electron chi connectivity index (χ4n) is 2.28. The van der Waals surface area contributed by atoms with Gasteiger partial charge in [0.1, 0.15) is 12.4 Å². The quantitative estimate of drug-likeness (QED) is 0.845. The van der Waals surface area contributed by atoms with Crippen molar-refractivity contribution in [1.29, 1.82) is 0 Å². The van der Waals surface area contributed by atoms with Crippen LogP contribution in [-0.2, 0) is 6.54 Å². The van der Waals surface area contributed by atoms with E-state index in [1.165, 1.54) is 38.5 Å². The van der Waals surface area contributed by atoms with Crippen LogP contribution >= 0.6 is 0 Å². The van der Waals surface area contributed by atoms with E-state index < -0.39 is 0 Å². The van der Waals surface area contributed by atoms with Crippen molar-refractivity contribution in [2.24, 2.45) is 0 Å². The molecule has 0 saturated heterocycles. The molecule has 4 heteroatoms. The largest absolute Gasteiger partial charge is 0.474 e. The fourth-order valence-corrected chi connectivity index (χ4v) is 2.28. The number of nitrogens with zero attached hydrogens (tertiary/aromatic N) is 2. The van der Waals surface area contributed by atoms with Crippen molar-refractivity contribution in [3.05, 3.63) is 18.1 Å². The molecule has 92 valence electrons. The highest BCUT2D eigenvalue weighted by molar-refractivity contribution is 5.22. The number of nitrogens with one attached hydrogen (secondary N) is 1. The van der Waals surface area contributed by atoms with Crippen molar-refractivity contribution in [3.8, 4) is 5.88 Å². The van der Waals surface area contributed by atoms with Crippen molar-refractivity contribution in [2.75, 3.05) is 0 Å². The minimum absolute atomic E-state index is 0.365. The van der Waals surface area contributed by atoms with Crippen LogP contribution in [0.2, 0.25) is 0 Å². The highest BCUT2D eigenvalue weighted by Crippen LogP contribution is 2.25. The fraction of sp³-hybridized carbons (Fsp3) is 0.692. The smallest absolute Gasteiger partial charge is 0.221 e. The third-order valence-electron chi connectivity index (χ3n) is 3.49. The predicted molar refractivity (Wildman–Crippen MR) is 64.8 cm³/mol. The molecule has 0 aromatic carbocycles. The summed E-state index contributed by atoms with van der Waals surface area (Å²) in [6.45, 7) is 0.827. The number of aromatic nitrogens is 2. The van der Waals surface area contributed by atoms with Crippen molar-refractivity contribution in [2.45, 2.75) is 57.2 Å². The van der Waals surface area contributed by atoms with Crippen LogP contribution in [0.25, 0.3) is 0 Å². The molecular weight excluding hydrogens is 214 g/mol. The van der Waals surface area contributed by atoms with Crippen LogP contribution in [0, 0.1) is 0 Å². The lowest BCUT2D eigenvalue weighted by Gasteiger charge is -2.14. The molecule has 0 amide bonds. The third kappa shape index (κ3) is 2.94. The molecule has 17 heavy (non-hydrogen) atoms. The van der Waals surface area contributed by atoms with Gasteiger partial charge in [-0.2, -0.15) is 0 Å². The van der Waals surface area contributed by atoms with Gasteiger partial charge in [-0.1, -0.05) is 0 Å². The highest BCUT2D eigenvalue weighted by atomic mass is 16.5. The summed E-state index contributed by atoms with van der Waals surface area (Å²) in [6, 6.07) is 0.703.